The normalized spacial score (nSPS) is 27.4. The van der Waals surface area contributed by atoms with Crippen LogP contribution in [-0.4, -0.2) is 53.8 Å². The van der Waals surface area contributed by atoms with Gasteiger partial charge in [-0.3, -0.25) is 9.69 Å². The van der Waals surface area contributed by atoms with Gasteiger partial charge in [-0.05, 0) is 38.8 Å². The summed E-state index contributed by atoms with van der Waals surface area (Å²) in [5, 5.41) is 10.0. The van der Waals surface area contributed by atoms with Crippen molar-refractivity contribution in [3.05, 3.63) is 11.3 Å². The molecule has 22 heavy (non-hydrogen) atoms. The van der Waals surface area contributed by atoms with Crippen LogP contribution in [0.5, 0.6) is 0 Å². The summed E-state index contributed by atoms with van der Waals surface area (Å²) in [5.74, 6) is -0.936. The summed E-state index contributed by atoms with van der Waals surface area (Å²) in [6, 6.07) is 0.0844. The van der Waals surface area contributed by atoms with Gasteiger partial charge in [0.15, 0.2) is 0 Å². The van der Waals surface area contributed by atoms with Crippen LogP contribution >= 0.6 is 0 Å². The Hall–Kier alpha value is -1.40. The number of esters is 2. The van der Waals surface area contributed by atoms with Crippen molar-refractivity contribution in [2.75, 3.05) is 19.7 Å². The summed E-state index contributed by atoms with van der Waals surface area (Å²) in [7, 11) is 0. The first-order valence-electron chi connectivity index (χ1n) is 7.91. The Morgan fingerprint density at radius 3 is 2.55 bits per heavy atom. The average Bonchev–Trinajstić information content (AvgIpc) is 3.05. The molecule has 2 aliphatic rings. The summed E-state index contributed by atoms with van der Waals surface area (Å²) >= 11 is 0. The van der Waals surface area contributed by atoms with E-state index in [0.29, 0.717) is 5.57 Å². The van der Waals surface area contributed by atoms with E-state index in [2.05, 4.69) is 4.90 Å². The predicted molar refractivity (Wildman–Crippen MR) is 79.8 cm³/mol. The van der Waals surface area contributed by atoms with E-state index in [-0.39, 0.29) is 36.9 Å². The van der Waals surface area contributed by atoms with Gasteiger partial charge >= 0.3 is 11.9 Å². The number of hydrogen-bond acceptors (Lipinski definition) is 6. The van der Waals surface area contributed by atoms with Crippen LogP contribution in [0.15, 0.2) is 11.3 Å². The lowest BCUT2D eigenvalue weighted by Crippen LogP contribution is -2.36. The lowest BCUT2D eigenvalue weighted by atomic mass is 9.97. The van der Waals surface area contributed by atoms with Gasteiger partial charge in [0.25, 0.3) is 0 Å². The minimum absolute atomic E-state index is 0.0197. The van der Waals surface area contributed by atoms with Crippen molar-refractivity contribution in [2.45, 2.75) is 52.2 Å². The molecule has 6 heteroatoms. The molecule has 0 spiro atoms. The highest BCUT2D eigenvalue weighted by Gasteiger charge is 2.43. The minimum atomic E-state index is -0.604. The van der Waals surface area contributed by atoms with Gasteiger partial charge in [0.1, 0.15) is 0 Å². The fourth-order valence-electron chi connectivity index (χ4n) is 3.20. The number of fused-ring (bicyclic) bond motifs is 1. The molecule has 0 aromatic carbocycles. The molecule has 3 atom stereocenters. The Morgan fingerprint density at radius 2 is 1.91 bits per heavy atom. The molecule has 2 heterocycles. The molecule has 1 N–H and O–H groups in total. The first-order valence-corrected chi connectivity index (χ1v) is 7.91. The Labute approximate surface area is 131 Å². The maximum atomic E-state index is 12.1. The molecule has 0 amide bonds. The summed E-state index contributed by atoms with van der Waals surface area (Å²) in [6.45, 7) is 7.17. The van der Waals surface area contributed by atoms with E-state index in [1.165, 1.54) is 0 Å². The molecule has 0 radical (unpaired) electrons. The Bertz CT molecular complexity index is 469. The van der Waals surface area contributed by atoms with E-state index in [1.54, 1.807) is 20.8 Å². The zero-order valence-electron chi connectivity index (χ0n) is 13.5. The summed E-state index contributed by atoms with van der Waals surface area (Å²) < 4.78 is 10.4. The van der Waals surface area contributed by atoms with Crippen molar-refractivity contribution in [2.24, 2.45) is 5.92 Å². The van der Waals surface area contributed by atoms with Crippen LogP contribution in [-0.2, 0) is 19.1 Å². The van der Waals surface area contributed by atoms with Crippen molar-refractivity contribution in [3.8, 4) is 0 Å². The highest BCUT2D eigenvalue weighted by molar-refractivity contribution is 5.90. The van der Waals surface area contributed by atoms with E-state index in [9.17, 15) is 14.7 Å². The molecule has 0 aliphatic carbocycles. The Kier molecular flexibility index (Phi) is 5.58. The van der Waals surface area contributed by atoms with Gasteiger partial charge in [-0.1, -0.05) is 6.92 Å². The second-order valence-electron chi connectivity index (χ2n) is 6.19. The number of ether oxygens (including phenoxy) is 2. The number of allylic oxidation sites excluding steroid dienone is 1. The molecule has 2 aliphatic heterocycles. The van der Waals surface area contributed by atoms with Gasteiger partial charge in [0.05, 0.1) is 12.7 Å². The topological polar surface area (TPSA) is 76.1 Å². The number of hydrogen-bond donors (Lipinski definition) is 1. The molecule has 0 aromatic heterocycles. The molecular weight excluding hydrogens is 286 g/mol. The molecule has 6 nitrogen and oxygen atoms in total. The molecule has 2 rings (SSSR count). The van der Waals surface area contributed by atoms with Gasteiger partial charge in [-0.15, -0.1) is 0 Å². The predicted octanol–water partition coefficient (Wildman–Crippen LogP) is 1.23. The van der Waals surface area contributed by atoms with Crippen molar-refractivity contribution in [1.29, 1.82) is 0 Å². The lowest BCUT2D eigenvalue weighted by Gasteiger charge is -2.23. The molecule has 2 fully saturated rings. The fraction of sp³-hybridized carbons (Fsp3) is 0.750. The van der Waals surface area contributed by atoms with E-state index in [0.717, 1.165) is 25.9 Å². The van der Waals surface area contributed by atoms with Crippen LogP contribution in [0.1, 0.15) is 40.0 Å². The van der Waals surface area contributed by atoms with Crippen LogP contribution in [0.25, 0.3) is 0 Å². The van der Waals surface area contributed by atoms with Crippen LogP contribution in [0.3, 0.4) is 0 Å². The van der Waals surface area contributed by atoms with Gasteiger partial charge in [0, 0.05) is 24.9 Å². The lowest BCUT2D eigenvalue weighted by molar-refractivity contribution is -0.152. The van der Waals surface area contributed by atoms with Gasteiger partial charge in [0.2, 0.25) is 5.76 Å². The maximum absolute atomic E-state index is 12.1. The van der Waals surface area contributed by atoms with Crippen LogP contribution in [0, 0.1) is 5.92 Å². The summed E-state index contributed by atoms with van der Waals surface area (Å²) in [6.07, 6.45) is 1.55. The number of aliphatic hydroxyl groups is 1. The largest absolute Gasteiger partial charge is 0.459 e. The van der Waals surface area contributed by atoms with Gasteiger partial charge < -0.3 is 14.6 Å². The van der Waals surface area contributed by atoms with Crippen LogP contribution in [0.4, 0.5) is 0 Å². The molecule has 0 unspecified atom stereocenters. The van der Waals surface area contributed by atoms with E-state index < -0.39 is 11.9 Å². The monoisotopic (exact) mass is 311 g/mol. The number of nitrogens with zero attached hydrogens (tertiary/aromatic N) is 1. The van der Waals surface area contributed by atoms with Crippen LogP contribution in [0.2, 0.25) is 0 Å². The number of carbonyl (C=O) groups excluding carboxylic acids is 2. The maximum Gasteiger partial charge on any atom is 0.374 e. The van der Waals surface area contributed by atoms with E-state index in [4.69, 9.17) is 9.47 Å². The highest BCUT2D eigenvalue weighted by Crippen LogP contribution is 2.33. The second-order valence-corrected chi connectivity index (χ2v) is 6.19. The zero-order chi connectivity index (χ0) is 16.3. The summed E-state index contributed by atoms with van der Waals surface area (Å²) in [5.41, 5.74) is 0.612. The first kappa shape index (κ1) is 17.0. The number of carbonyl (C=O) groups is 2. The van der Waals surface area contributed by atoms with Crippen molar-refractivity contribution >= 4 is 11.9 Å². The third-order valence-corrected chi connectivity index (χ3v) is 4.37. The number of aliphatic hydroxyl groups excluding tert-OH is 1. The molecule has 0 bridgehead atoms. The van der Waals surface area contributed by atoms with E-state index in [1.807, 2.05) is 0 Å². The third-order valence-electron chi connectivity index (χ3n) is 4.37. The van der Waals surface area contributed by atoms with Gasteiger partial charge in [-0.2, -0.15) is 0 Å². The second kappa shape index (κ2) is 7.24. The Balaban J connectivity index is 1.91. The summed E-state index contributed by atoms with van der Waals surface area (Å²) in [4.78, 5) is 25.8. The molecule has 124 valence electrons. The first-order chi connectivity index (χ1) is 10.4. The Morgan fingerprint density at radius 1 is 1.23 bits per heavy atom. The van der Waals surface area contributed by atoms with Gasteiger partial charge in [-0.25, -0.2) is 4.79 Å². The fourth-order valence-corrected chi connectivity index (χ4v) is 3.20. The third kappa shape index (κ3) is 3.67. The van der Waals surface area contributed by atoms with Crippen molar-refractivity contribution < 1.29 is 24.2 Å². The smallest absolute Gasteiger partial charge is 0.374 e. The highest BCUT2D eigenvalue weighted by atomic mass is 16.6. The SMILES string of the molecule is CCC(=O)OC(C(=O)OC[C@H]1CCN2CC[C@H](O)[C@H]12)=C(C)C. The zero-order valence-corrected chi connectivity index (χ0v) is 13.5. The minimum Gasteiger partial charge on any atom is -0.459 e. The molecular formula is C16H25NO5. The standard InChI is InChI=1S/C16H25NO5/c1-4-13(19)22-15(10(2)3)16(20)21-9-11-5-7-17-8-6-12(18)14(11)17/h11-12,14,18H,4-9H2,1-3H3/t11-,12+,14+/m1/s1. The van der Waals surface area contributed by atoms with Crippen LogP contribution < -0.4 is 0 Å². The van der Waals surface area contributed by atoms with Crippen molar-refractivity contribution in [1.82, 2.24) is 4.90 Å². The van der Waals surface area contributed by atoms with Crippen molar-refractivity contribution in [3.63, 3.8) is 0 Å². The quantitative estimate of drug-likeness (QED) is 0.467. The molecule has 0 saturated carbocycles. The number of rotatable bonds is 5. The molecule has 2 saturated heterocycles. The molecule has 0 aromatic rings. The van der Waals surface area contributed by atoms with E-state index >= 15 is 0 Å². The average molecular weight is 311 g/mol.